The molecule has 0 heterocycles. The van der Waals surface area contributed by atoms with Crippen molar-refractivity contribution < 1.29 is 32.9 Å². The van der Waals surface area contributed by atoms with Gasteiger partial charge in [0.1, 0.15) is 13.2 Å². The average Bonchev–Trinajstić information content (AvgIpc) is 3.25. The maximum Gasteiger partial charge on any atom is 0.268 e. The second-order valence-electron chi connectivity index (χ2n) is 19.9. The van der Waals surface area contributed by atoms with E-state index in [4.69, 9.17) is 9.05 Å². The summed E-state index contributed by atoms with van der Waals surface area (Å²) < 4.78 is 23.1. The predicted octanol–water partition coefficient (Wildman–Crippen LogP) is 15.6. The van der Waals surface area contributed by atoms with E-state index in [1.54, 1.807) is 6.08 Å². The van der Waals surface area contributed by atoms with Gasteiger partial charge in [0.15, 0.2) is 0 Å². The van der Waals surface area contributed by atoms with Crippen LogP contribution in [0.15, 0.2) is 36.5 Å². The topological polar surface area (TPSA) is 108 Å². The number of hydrogen-bond donors (Lipinski definition) is 2. The largest absolute Gasteiger partial charge is 0.756 e. The van der Waals surface area contributed by atoms with Gasteiger partial charge in [0.25, 0.3) is 7.82 Å². The number of rotatable bonds is 50. The molecule has 0 radical (unpaired) electrons. The van der Waals surface area contributed by atoms with E-state index < -0.39 is 20.0 Å². The maximum absolute atomic E-state index is 12.8. The van der Waals surface area contributed by atoms with Crippen LogP contribution in [0.4, 0.5) is 0 Å². The molecular weight excluding hydrogens is 816 g/mol. The van der Waals surface area contributed by atoms with Crippen molar-refractivity contribution in [2.24, 2.45) is 0 Å². The molecule has 0 aromatic heterocycles. The zero-order chi connectivity index (χ0) is 47.1. The summed E-state index contributed by atoms with van der Waals surface area (Å²) in [4.78, 5) is 25.2. The van der Waals surface area contributed by atoms with E-state index in [1.807, 2.05) is 27.2 Å². The lowest BCUT2D eigenvalue weighted by atomic mass is 10.0. The number of carbonyl (C=O) groups excluding carboxylic acids is 1. The Morgan fingerprint density at radius 1 is 0.547 bits per heavy atom. The van der Waals surface area contributed by atoms with E-state index in [-0.39, 0.29) is 19.1 Å². The molecule has 378 valence electrons. The SMILES string of the molecule is CCCCCCC/C=C\C/C=C\CCCCCCCCCCCCCCCCCCCCCCCCCC(=O)NC(COP(=O)([O-])OCC[N+](C)(C)C)C(O)/C=C/CCCCCCC. The minimum Gasteiger partial charge on any atom is -0.756 e. The first-order valence-corrected chi connectivity index (χ1v) is 28.8. The highest BCUT2D eigenvalue weighted by Gasteiger charge is 2.23. The lowest BCUT2D eigenvalue weighted by Gasteiger charge is -2.29. The molecule has 0 rings (SSSR count). The Morgan fingerprint density at radius 2 is 0.906 bits per heavy atom. The summed E-state index contributed by atoms with van der Waals surface area (Å²) in [6, 6.07) is -0.881. The fourth-order valence-corrected chi connectivity index (χ4v) is 8.73. The van der Waals surface area contributed by atoms with Crippen LogP contribution in [0.25, 0.3) is 0 Å². The van der Waals surface area contributed by atoms with Crippen molar-refractivity contribution in [2.45, 2.75) is 270 Å². The molecule has 0 aliphatic heterocycles. The van der Waals surface area contributed by atoms with Crippen LogP contribution in [0.3, 0.4) is 0 Å². The van der Waals surface area contributed by atoms with Crippen molar-refractivity contribution in [3.05, 3.63) is 36.5 Å². The zero-order valence-electron chi connectivity index (χ0n) is 43.0. The molecular formula is C55H107N2O6P. The molecule has 0 aliphatic carbocycles. The summed E-state index contributed by atoms with van der Waals surface area (Å²) in [6.07, 6.45) is 59.8. The zero-order valence-corrected chi connectivity index (χ0v) is 43.9. The monoisotopic (exact) mass is 923 g/mol. The van der Waals surface area contributed by atoms with Gasteiger partial charge in [-0.2, -0.15) is 0 Å². The molecule has 3 unspecified atom stereocenters. The highest BCUT2D eigenvalue weighted by Crippen LogP contribution is 2.38. The number of phosphoric acid groups is 1. The average molecular weight is 923 g/mol. The van der Waals surface area contributed by atoms with Crippen molar-refractivity contribution in [3.63, 3.8) is 0 Å². The molecule has 0 fully saturated rings. The third-order valence-electron chi connectivity index (χ3n) is 12.3. The van der Waals surface area contributed by atoms with Gasteiger partial charge in [-0.05, 0) is 51.4 Å². The van der Waals surface area contributed by atoms with E-state index in [9.17, 15) is 19.4 Å². The van der Waals surface area contributed by atoms with Crippen molar-refractivity contribution >= 4 is 13.7 Å². The number of aliphatic hydroxyl groups is 1. The molecule has 64 heavy (non-hydrogen) atoms. The fraction of sp³-hybridized carbons (Fsp3) is 0.873. The van der Waals surface area contributed by atoms with E-state index in [1.165, 1.54) is 193 Å². The highest BCUT2D eigenvalue weighted by atomic mass is 31.2. The van der Waals surface area contributed by atoms with Gasteiger partial charge in [-0.1, -0.05) is 237 Å². The summed E-state index contributed by atoms with van der Waals surface area (Å²) in [7, 11) is 1.26. The second-order valence-corrected chi connectivity index (χ2v) is 21.3. The van der Waals surface area contributed by atoms with Gasteiger partial charge >= 0.3 is 0 Å². The van der Waals surface area contributed by atoms with Crippen LogP contribution in [0.5, 0.6) is 0 Å². The molecule has 9 heteroatoms. The van der Waals surface area contributed by atoms with Crippen LogP contribution in [-0.4, -0.2) is 68.5 Å². The number of unbranched alkanes of at least 4 members (excludes halogenated alkanes) is 33. The minimum atomic E-state index is -4.58. The van der Waals surface area contributed by atoms with Gasteiger partial charge in [-0.15, -0.1) is 0 Å². The van der Waals surface area contributed by atoms with Crippen LogP contribution in [0.2, 0.25) is 0 Å². The van der Waals surface area contributed by atoms with Crippen molar-refractivity contribution in [2.75, 3.05) is 40.9 Å². The van der Waals surface area contributed by atoms with Crippen molar-refractivity contribution in [1.82, 2.24) is 5.32 Å². The Bertz CT molecular complexity index is 1140. The lowest BCUT2D eigenvalue weighted by Crippen LogP contribution is -2.45. The minimum absolute atomic E-state index is 0.0000221. The van der Waals surface area contributed by atoms with Gasteiger partial charge in [-0.3, -0.25) is 9.36 Å². The molecule has 3 atom stereocenters. The Hall–Kier alpha value is -1.28. The molecule has 0 aromatic carbocycles. The number of allylic oxidation sites excluding steroid dienone is 5. The summed E-state index contributed by atoms with van der Waals surface area (Å²) in [6.45, 7) is 4.59. The normalized spacial score (nSPS) is 14.3. The number of hydrogen-bond acceptors (Lipinski definition) is 6. The Balaban J connectivity index is 3.81. The molecule has 0 spiro atoms. The van der Waals surface area contributed by atoms with E-state index >= 15 is 0 Å². The van der Waals surface area contributed by atoms with E-state index in [0.29, 0.717) is 17.4 Å². The van der Waals surface area contributed by atoms with E-state index in [0.717, 1.165) is 44.9 Å². The van der Waals surface area contributed by atoms with Crippen molar-refractivity contribution in [3.8, 4) is 0 Å². The van der Waals surface area contributed by atoms with Crippen LogP contribution in [0, 0.1) is 0 Å². The Kier molecular flexibility index (Phi) is 45.9. The van der Waals surface area contributed by atoms with Crippen LogP contribution >= 0.6 is 7.82 Å². The van der Waals surface area contributed by atoms with Gasteiger partial charge < -0.3 is 28.8 Å². The van der Waals surface area contributed by atoms with Crippen LogP contribution < -0.4 is 10.2 Å². The maximum atomic E-state index is 12.8. The Morgan fingerprint density at radius 3 is 1.30 bits per heavy atom. The summed E-state index contributed by atoms with van der Waals surface area (Å²) >= 11 is 0. The number of aliphatic hydroxyl groups excluding tert-OH is 1. The smallest absolute Gasteiger partial charge is 0.268 e. The molecule has 0 saturated heterocycles. The summed E-state index contributed by atoms with van der Waals surface area (Å²) in [5, 5.41) is 13.7. The third-order valence-corrected chi connectivity index (χ3v) is 13.3. The number of amides is 1. The standard InChI is InChI=1S/C55H107N2O6P/c1-6-8-10-12-14-15-16-17-18-19-20-21-22-23-24-25-26-27-28-29-30-31-32-33-34-35-36-37-38-39-40-41-43-45-47-49-55(59)56-53(54(58)48-46-44-42-13-11-9-7-2)52-63-64(60,61)62-51-50-57(3,4)5/h16-17,19-20,46,48,53-54,58H,6-15,18,21-45,47,49-52H2,1-5H3,(H-,56,59,60,61)/b17-16-,20-19-,48-46+. The number of quaternary nitrogens is 1. The van der Waals surface area contributed by atoms with E-state index in [2.05, 4.69) is 43.5 Å². The highest BCUT2D eigenvalue weighted by molar-refractivity contribution is 7.45. The number of nitrogens with zero attached hydrogens (tertiary/aromatic N) is 1. The number of nitrogens with one attached hydrogen (secondary N) is 1. The van der Waals surface area contributed by atoms with Gasteiger partial charge in [0, 0.05) is 6.42 Å². The predicted molar refractivity (Wildman–Crippen MR) is 275 cm³/mol. The van der Waals surface area contributed by atoms with Crippen LogP contribution in [-0.2, 0) is 18.4 Å². The summed E-state index contributed by atoms with van der Waals surface area (Å²) in [5.74, 6) is -0.198. The molecule has 2 N–H and O–H groups in total. The number of likely N-dealkylation sites (N-methyl/N-ethyl adjacent to an activating group) is 1. The van der Waals surface area contributed by atoms with Gasteiger partial charge in [-0.25, -0.2) is 0 Å². The van der Waals surface area contributed by atoms with Gasteiger partial charge in [0.2, 0.25) is 5.91 Å². The first-order chi connectivity index (χ1) is 31.0. The fourth-order valence-electron chi connectivity index (χ4n) is 8.01. The molecule has 0 aromatic rings. The first kappa shape index (κ1) is 62.7. The molecule has 8 nitrogen and oxygen atoms in total. The summed E-state index contributed by atoms with van der Waals surface area (Å²) in [5.41, 5.74) is 0. The quantitative estimate of drug-likeness (QED) is 0.0272. The number of carbonyl (C=O) groups is 1. The third kappa shape index (κ3) is 48.6. The second kappa shape index (κ2) is 46.8. The number of phosphoric ester groups is 1. The van der Waals surface area contributed by atoms with Gasteiger partial charge in [0.05, 0.1) is 39.9 Å². The van der Waals surface area contributed by atoms with Crippen LogP contribution in [0.1, 0.15) is 258 Å². The lowest BCUT2D eigenvalue weighted by molar-refractivity contribution is -0.870. The molecule has 0 bridgehead atoms. The first-order valence-electron chi connectivity index (χ1n) is 27.4. The molecule has 0 aliphatic rings. The van der Waals surface area contributed by atoms with Crippen molar-refractivity contribution in [1.29, 1.82) is 0 Å². The Labute approximate surface area is 397 Å². The molecule has 1 amide bonds. The molecule has 0 saturated carbocycles.